The number of ether oxygens (including phenoxy) is 1. The van der Waals surface area contributed by atoms with Gasteiger partial charge in [-0.2, -0.15) is 0 Å². The van der Waals surface area contributed by atoms with E-state index in [1.807, 2.05) is 36.4 Å². The van der Waals surface area contributed by atoms with Crippen molar-refractivity contribution in [3.05, 3.63) is 54.1 Å². The summed E-state index contributed by atoms with van der Waals surface area (Å²) in [6.45, 7) is 2.89. The van der Waals surface area contributed by atoms with E-state index in [0.717, 1.165) is 29.6 Å². The number of hydrogen-bond donors (Lipinski definition) is 0. The molecule has 0 unspecified atom stereocenters. The third-order valence-corrected chi connectivity index (χ3v) is 3.81. The monoisotopic (exact) mass is 372 g/mol. The minimum Gasteiger partial charge on any atom is -0.494 e. The lowest BCUT2D eigenvalue weighted by molar-refractivity contribution is 0.319. The molecule has 0 radical (unpaired) electrons. The average molecular weight is 373 g/mol. The first-order valence-electron chi connectivity index (χ1n) is 7.95. The molecule has 0 saturated heterocycles. The molecule has 4 heteroatoms. The van der Waals surface area contributed by atoms with Crippen molar-refractivity contribution in [1.29, 1.82) is 0 Å². The van der Waals surface area contributed by atoms with E-state index in [0.29, 0.717) is 12.3 Å². The molecule has 0 aliphatic carbocycles. The van der Waals surface area contributed by atoms with Gasteiger partial charge in [0.25, 0.3) is 0 Å². The van der Waals surface area contributed by atoms with E-state index in [-0.39, 0.29) is 0 Å². The van der Waals surface area contributed by atoms with Gasteiger partial charge >= 0.3 is 0 Å². The van der Waals surface area contributed by atoms with Crippen molar-refractivity contribution < 1.29 is 4.74 Å². The molecule has 0 heterocycles. The van der Waals surface area contributed by atoms with Crippen molar-refractivity contribution in [2.75, 3.05) is 11.9 Å². The van der Waals surface area contributed by atoms with Gasteiger partial charge in [0, 0.05) is 10.9 Å². The van der Waals surface area contributed by atoms with Crippen LogP contribution in [0, 0.1) is 12.1 Å². The van der Waals surface area contributed by atoms with E-state index < -0.39 is 0 Å². The Balaban J connectivity index is 1.89. The van der Waals surface area contributed by atoms with Gasteiger partial charge in [-0.15, -0.1) is 10.2 Å². The van der Waals surface area contributed by atoms with Crippen molar-refractivity contribution in [3.8, 4) is 5.75 Å². The zero-order chi connectivity index (χ0) is 16.3. The largest absolute Gasteiger partial charge is 0.494 e. The smallest absolute Gasteiger partial charge is 0.136 e. The lowest BCUT2D eigenvalue weighted by atomic mass is 10.1. The van der Waals surface area contributed by atoms with Crippen LogP contribution in [-0.4, -0.2) is 11.9 Å². The second-order valence-corrected chi connectivity index (χ2v) is 5.98. The fourth-order valence-electron chi connectivity index (χ4n) is 1.94. The Morgan fingerprint density at radius 2 is 1.83 bits per heavy atom. The number of aryl methyl sites for hydroxylation is 1. The topological polar surface area (TPSA) is 34.0 Å². The Morgan fingerprint density at radius 3 is 2.48 bits per heavy atom. The molecule has 0 saturated carbocycles. The molecule has 0 aliphatic heterocycles. The van der Waals surface area contributed by atoms with Gasteiger partial charge in [0.05, 0.1) is 12.3 Å². The van der Waals surface area contributed by atoms with Crippen molar-refractivity contribution >= 4 is 27.3 Å². The molecule has 0 aromatic heterocycles. The number of benzene rings is 1. The Morgan fingerprint density at radius 1 is 1.00 bits per heavy atom. The van der Waals surface area contributed by atoms with Gasteiger partial charge in [-0.3, -0.25) is 0 Å². The fourth-order valence-corrected chi connectivity index (χ4v) is 2.17. The van der Waals surface area contributed by atoms with Crippen molar-refractivity contribution in [2.24, 2.45) is 10.2 Å². The molecule has 0 N–H and O–H groups in total. The Hall–Kier alpha value is -1.86. The summed E-state index contributed by atoms with van der Waals surface area (Å²) >= 11 is 3.38. The summed E-state index contributed by atoms with van der Waals surface area (Å²) in [5.41, 5.74) is 2.67. The van der Waals surface area contributed by atoms with Crippen LogP contribution in [0.1, 0.15) is 31.7 Å². The summed E-state index contributed by atoms with van der Waals surface area (Å²) < 4.78 is 5.60. The van der Waals surface area contributed by atoms with Gasteiger partial charge in [-0.25, -0.2) is 0 Å². The maximum absolute atomic E-state index is 5.60. The van der Waals surface area contributed by atoms with Crippen LogP contribution in [0.3, 0.4) is 0 Å². The molecule has 120 valence electrons. The first kappa shape index (κ1) is 17.5. The lowest BCUT2D eigenvalue weighted by Crippen LogP contribution is -1.96. The molecular weight excluding hydrogens is 352 g/mol. The van der Waals surface area contributed by atoms with E-state index in [1.54, 1.807) is 0 Å². The molecule has 2 aromatic carbocycles. The zero-order valence-corrected chi connectivity index (χ0v) is 15.0. The van der Waals surface area contributed by atoms with Crippen LogP contribution in [-0.2, 0) is 6.42 Å². The molecule has 0 aliphatic rings. The molecule has 0 fully saturated rings. The lowest BCUT2D eigenvalue weighted by Gasteiger charge is -2.04. The second-order valence-electron chi connectivity index (χ2n) is 5.18. The van der Waals surface area contributed by atoms with E-state index in [2.05, 4.69) is 45.2 Å². The first-order chi connectivity index (χ1) is 11.3. The number of nitrogens with zero attached hydrogens (tertiary/aromatic N) is 2. The van der Waals surface area contributed by atoms with Crippen molar-refractivity contribution in [3.63, 3.8) is 0 Å². The zero-order valence-electron chi connectivity index (χ0n) is 13.4. The number of unbranched alkanes of at least 4 members (excludes halogenated alkanes) is 1. The number of alkyl halides is 1. The number of azo groups is 1. The van der Waals surface area contributed by atoms with E-state index in [4.69, 9.17) is 4.74 Å². The predicted octanol–water partition coefficient (Wildman–Crippen LogP) is 6.21. The third-order valence-electron chi connectivity index (χ3n) is 3.25. The van der Waals surface area contributed by atoms with Crippen LogP contribution in [0.2, 0.25) is 0 Å². The Labute approximate surface area is 146 Å². The number of halogens is 1. The molecule has 3 nitrogen and oxygen atoms in total. The highest BCUT2D eigenvalue weighted by molar-refractivity contribution is 9.09. The fraction of sp³-hybridized carbons (Fsp3) is 0.368. The maximum Gasteiger partial charge on any atom is 0.136 e. The highest BCUT2D eigenvalue weighted by Crippen LogP contribution is 2.20. The quantitative estimate of drug-likeness (QED) is 0.292. The normalized spacial score (nSPS) is 10.7. The summed E-state index contributed by atoms with van der Waals surface area (Å²) in [5.74, 6) is 0.852. The molecule has 2 aromatic rings. The summed E-state index contributed by atoms with van der Waals surface area (Å²) in [5, 5.41) is 9.36. The second kappa shape index (κ2) is 10.0. The van der Waals surface area contributed by atoms with E-state index in [1.165, 1.54) is 18.4 Å². The van der Waals surface area contributed by atoms with Gasteiger partial charge in [0.1, 0.15) is 11.4 Å². The standard InChI is InChI=1S/C19H21BrN2O/c1-2-3-5-16-6-8-17(9-7-16)21-22-18-10-12-19(13-11-18)23-15-4-14-20/h6,8,10-13H,2-5,14-15H2,1H3. The summed E-state index contributed by atoms with van der Waals surface area (Å²) in [6, 6.07) is 17.8. The molecular formula is C19H21BrN2O. The summed E-state index contributed by atoms with van der Waals surface area (Å²) in [4.78, 5) is 0. The van der Waals surface area contributed by atoms with Crippen LogP contribution in [0.5, 0.6) is 5.75 Å². The minimum absolute atomic E-state index is 0.697. The number of hydrogen-bond acceptors (Lipinski definition) is 3. The van der Waals surface area contributed by atoms with Crippen molar-refractivity contribution in [2.45, 2.75) is 32.6 Å². The SMILES string of the molecule is CCCCc1c#cc(N=Nc2ccc(OCCCBr)cc2)cc1. The molecule has 23 heavy (non-hydrogen) atoms. The van der Waals surface area contributed by atoms with Crippen molar-refractivity contribution in [1.82, 2.24) is 0 Å². The van der Waals surface area contributed by atoms with Gasteiger partial charge in [0.2, 0.25) is 0 Å². The Bertz CT molecular complexity index is 594. The summed E-state index contributed by atoms with van der Waals surface area (Å²) in [7, 11) is 0. The highest BCUT2D eigenvalue weighted by Gasteiger charge is 1.96. The average Bonchev–Trinajstić information content (AvgIpc) is 2.60. The molecule has 0 spiro atoms. The molecule has 0 atom stereocenters. The first-order valence-corrected chi connectivity index (χ1v) is 9.07. The number of rotatable bonds is 9. The maximum atomic E-state index is 5.60. The van der Waals surface area contributed by atoms with Crippen LogP contribution in [0.4, 0.5) is 11.4 Å². The molecule has 0 bridgehead atoms. The van der Waals surface area contributed by atoms with E-state index >= 15 is 0 Å². The van der Waals surface area contributed by atoms with Gasteiger partial charge in [-0.1, -0.05) is 35.3 Å². The molecule has 0 amide bonds. The minimum atomic E-state index is 0.697. The third kappa shape index (κ3) is 6.42. The molecule has 2 rings (SSSR count). The Kier molecular flexibility index (Phi) is 7.62. The van der Waals surface area contributed by atoms with Crippen LogP contribution in [0.25, 0.3) is 0 Å². The predicted molar refractivity (Wildman–Crippen MR) is 97.3 cm³/mol. The van der Waals surface area contributed by atoms with E-state index in [9.17, 15) is 0 Å². The van der Waals surface area contributed by atoms with Crippen LogP contribution in [0.15, 0.2) is 46.6 Å². The van der Waals surface area contributed by atoms with Gasteiger partial charge in [0.15, 0.2) is 0 Å². The van der Waals surface area contributed by atoms with Gasteiger partial charge < -0.3 is 4.74 Å². The summed E-state index contributed by atoms with van der Waals surface area (Å²) in [6.07, 6.45) is 4.39. The van der Waals surface area contributed by atoms with Crippen LogP contribution >= 0.6 is 15.9 Å². The van der Waals surface area contributed by atoms with Gasteiger partial charge in [-0.05, 0) is 61.7 Å². The highest BCUT2D eigenvalue weighted by atomic mass is 79.9. The van der Waals surface area contributed by atoms with Crippen LogP contribution < -0.4 is 4.74 Å².